The molecule has 0 unspecified atom stereocenters. The molecule has 2 amide bonds. The highest BCUT2D eigenvalue weighted by atomic mass is 32.2. The van der Waals surface area contributed by atoms with Gasteiger partial charge in [-0.25, -0.2) is 4.79 Å². The first-order valence-corrected chi connectivity index (χ1v) is 9.33. The minimum absolute atomic E-state index is 0.136. The summed E-state index contributed by atoms with van der Waals surface area (Å²) in [6, 6.07) is 6.02. The monoisotopic (exact) mass is 360 g/mol. The standard InChI is InChI=1S/C18H20N2O4S/c1-18(2)13(15(22)19-9-5-8-12(19)17(23)24)20-14(21)10-6-3-4-7-11(10)16(20)25-18/h3-4,6-7,12-13,16H,5,8-9H2,1-2H3,(H,23,24)/t12-,13-,16+/m1/s1. The molecule has 4 rings (SSSR count). The average molecular weight is 360 g/mol. The molecule has 6 nitrogen and oxygen atoms in total. The van der Waals surface area contributed by atoms with Gasteiger partial charge in [0.15, 0.2) is 0 Å². The maximum Gasteiger partial charge on any atom is 0.326 e. The molecular weight excluding hydrogens is 340 g/mol. The van der Waals surface area contributed by atoms with E-state index < -0.39 is 22.8 Å². The van der Waals surface area contributed by atoms with Crippen molar-refractivity contribution in [3.8, 4) is 0 Å². The second-order valence-corrected chi connectivity index (χ2v) is 9.04. The van der Waals surface area contributed by atoms with E-state index in [1.54, 1.807) is 22.7 Å². The number of carbonyl (C=O) groups excluding carboxylic acids is 2. The second-order valence-electron chi connectivity index (χ2n) is 7.30. The molecule has 0 aliphatic carbocycles. The Balaban J connectivity index is 1.71. The van der Waals surface area contributed by atoms with Gasteiger partial charge in [0, 0.05) is 16.9 Å². The zero-order valence-corrected chi connectivity index (χ0v) is 15.0. The molecule has 2 fully saturated rings. The van der Waals surface area contributed by atoms with Crippen LogP contribution in [-0.2, 0) is 9.59 Å². The number of hydrogen-bond donors (Lipinski definition) is 1. The number of nitrogens with zero attached hydrogens (tertiary/aromatic N) is 2. The molecule has 1 aromatic rings. The molecule has 0 aromatic heterocycles. The van der Waals surface area contributed by atoms with Crippen LogP contribution in [0.2, 0.25) is 0 Å². The van der Waals surface area contributed by atoms with Gasteiger partial charge in [0.1, 0.15) is 17.5 Å². The van der Waals surface area contributed by atoms with Crippen molar-refractivity contribution in [2.24, 2.45) is 0 Å². The van der Waals surface area contributed by atoms with Gasteiger partial charge in [0.2, 0.25) is 5.91 Å². The predicted octanol–water partition coefficient (Wildman–Crippen LogP) is 2.11. The van der Waals surface area contributed by atoms with Gasteiger partial charge in [-0.1, -0.05) is 18.2 Å². The smallest absolute Gasteiger partial charge is 0.326 e. The number of carboxylic acids is 1. The number of aliphatic carboxylic acids is 1. The quantitative estimate of drug-likeness (QED) is 0.874. The van der Waals surface area contributed by atoms with Crippen molar-refractivity contribution in [1.82, 2.24) is 9.80 Å². The predicted molar refractivity (Wildman–Crippen MR) is 93.2 cm³/mol. The summed E-state index contributed by atoms with van der Waals surface area (Å²) in [4.78, 5) is 40.8. The first-order valence-electron chi connectivity index (χ1n) is 8.45. The van der Waals surface area contributed by atoms with E-state index >= 15 is 0 Å². The highest BCUT2D eigenvalue weighted by molar-refractivity contribution is 8.01. The fourth-order valence-electron chi connectivity index (χ4n) is 4.22. The lowest BCUT2D eigenvalue weighted by Crippen LogP contribution is -2.55. The van der Waals surface area contributed by atoms with Crippen LogP contribution in [0.25, 0.3) is 0 Å². The van der Waals surface area contributed by atoms with Crippen molar-refractivity contribution in [2.75, 3.05) is 6.54 Å². The van der Waals surface area contributed by atoms with Crippen LogP contribution in [0, 0.1) is 0 Å². The number of amides is 2. The lowest BCUT2D eigenvalue weighted by atomic mass is 9.99. The molecule has 3 heterocycles. The molecule has 3 aliphatic rings. The number of fused-ring (bicyclic) bond motifs is 3. The summed E-state index contributed by atoms with van der Waals surface area (Å²) in [6.07, 6.45) is 1.15. The Morgan fingerprint density at radius 3 is 2.72 bits per heavy atom. The first-order chi connectivity index (χ1) is 11.8. The Kier molecular flexibility index (Phi) is 3.61. The third kappa shape index (κ3) is 2.28. The fourth-order valence-corrected chi connectivity index (χ4v) is 5.81. The lowest BCUT2D eigenvalue weighted by Gasteiger charge is -2.34. The Labute approximate surface area is 150 Å². The second kappa shape index (κ2) is 5.49. The lowest BCUT2D eigenvalue weighted by molar-refractivity contribution is -0.150. The summed E-state index contributed by atoms with van der Waals surface area (Å²) < 4.78 is -0.476. The summed E-state index contributed by atoms with van der Waals surface area (Å²) in [6.45, 7) is 4.35. The van der Waals surface area contributed by atoms with Gasteiger partial charge >= 0.3 is 5.97 Å². The Hall–Kier alpha value is -2.02. The number of carboxylic acid groups (broad SMARTS) is 1. The van der Waals surface area contributed by atoms with Crippen LogP contribution in [0.4, 0.5) is 0 Å². The molecule has 3 atom stereocenters. The third-order valence-electron chi connectivity index (χ3n) is 5.35. The van der Waals surface area contributed by atoms with Gasteiger partial charge in [0.25, 0.3) is 5.91 Å². The van der Waals surface area contributed by atoms with E-state index in [9.17, 15) is 19.5 Å². The van der Waals surface area contributed by atoms with Gasteiger partial charge < -0.3 is 14.9 Å². The van der Waals surface area contributed by atoms with Crippen LogP contribution >= 0.6 is 11.8 Å². The average Bonchev–Trinajstić information content (AvgIpc) is 3.21. The van der Waals surface area contributed by atoms with Crippen LogP contribution < -0.4 is 0 Å². The fraction of sp³-hybridized carbons (Fsp3) is 0.500. The molecule has 0 saturated carbocycles. The van der Waals surface area contributed by atoms with Crippen LogP contribution in [0.1, 0.15) is 48.0 Å². The Bertz CT molecular complexity index is 778. The van der Waals surface area contributed by atoms with Crippen molar-refractivity contribution in [2.45, 2.75) is 48.9 Å². The molecule has 3 aliphatic heterocycles. The zero-order chi connectivity index (χ0) is 17.9. The van der Waals surface area contributed by atoms with Gasteiger partial charge in [-0.3, -0.25) is 9.59 Å². The maximum atomic E-state index is 13.3. The molecule has 1 aromatic carbocycles. The molecule has 1 N–H and O–H groups in total. The van der Waals surface area contributed by atoms with Crippen LogP contribution in [0.3, 0.4) is 0 Å². The number of carbonyl (C=O) groups is 3. The summed E-state index contributed by atoms with van der Waals surface area (Å²) in [5.41, 5.74) is 1.58. The molecular formula is C18H20N2O4S. The molecule has 0 radical (unpaired) electrons. The highest BCUT2D eigenvalue weighted by Crippen LogP contribution is 2.57. The molecule has 2 saturated heterocycles. The Morgan fingerprint density at radius 1 is 1.28 bits per heavy atom. The van der Waals surface area contributed by atoms with E-state index in [-0.39, 0.29) is 17.2 Å². The molecule has 132 valence electrons. The topological polar surface area (TPSA) is 77.9 Å². The van der Waals surface area contributed by atoms with Crippen molar-refractivity contribution in [3.63, 3.8) is 0 Å². The van der Waals surface area contributed by atoms with Crippen molar-refractivity contribution in [1.29, 1.82) is 0 Å². The number of hydrogen-bond acceptors (Lipinski definition) is 4. The van der Waals surface area contributed by atoms with Crippen molar-refractivity contribution >= 4 is 29.5 Å². The largest absolute Gasteiger partial charge is 0.480 e. The molecule has 0 bridgehead atoms. The van der Waals surface area contributed by atoms with Crippen molar-refractivity contribution in [3.05, 3.63) is 35.4 Å². The Morgan fingerprint density at radius 2 is 2.00 bits per heavy atom. The summed E-state index contributed by atoms with van der Waals surface area (Å²) in [7, 11) is 0. The van der Waals surface area contributed by atoms with Crippen molar-refractivity contribution < 1.29 is 19.5 Å². The van der Waals surface area contributed by atoms with Gasteiger partial charge in [0.05, 0.1) is 0 Å². The normalized spacial score (nSPS) is 29.7. The van der Waals surface area contributed by atoms with E-state index in [1.807, 2.05) is 32.0 Å². The van der Waals surface area contributed by atoms with Gasteiger partial charge in [-0.05, 0) is 38.3 Å². The molecule has 7 heteroatoms. The van der Waals surface area contributed by atoms with Gasteiger partial charge in [-0.15, -0.1) is 11.8 Å². The number of likely N-dealkylation sites (tertiary alicyclic amines) is 1. The maximum absolute atomic E-state index is 13.3. The minimum atomic E-state index is -0.970. The number of rotatable bonds is 2. The van der Waals surface area contributed by atoms with Crippen LogP contribution in [0.15, 0.2) is 24.3 Å². The first kappa shape index (κ1) is 16.4. The summed E-state index contributed by atoms with van der Waals surface area (Å²) in [5, 5.41) is 9.23. The van der Waals surface area contributed by atoms with E-state index in [1.165, 1.54) is 4.90 Å². The molecule has 25 heavy (non-hydrogen) atoms. The van der Waals surface area contributed by atoms with Crippen LogP contribution in [0.5, 0.6) is 0 Å². The molecule has 0 spiro atoms. The highest BCUT2D eigenvalue weighted by Gasteiger charge is 2.58. The van der Waals surface area contributed by atoms with E-state index in [4.69, 9.17) is 0 Å². The zero-order valence-electron chi connectivity index (χ0n) is 14.1. The minimum Gasteiger partial charge on any atom is -0.480 e. The SMILES string of the molecule is CC1(C)S[C@H]2c3ccccc3C(=O)N2[C@@H]1C(=O)N1CCC[C@@H]1C(=O)O. The van der Waals surface area contributed by atoms with Crippen LogP contribution in [-0.4, -0.2) is 56.1 Å². The van der Waals surface area contributed by atoms with Gasteiger partial charge in [-0.2, -0.15) is 0 Å². The van der Waals surface area contributed by atoms with E-state index in [0.717, 1.165) is 5.56 Å². The third-order valence-corrected chi connectivity index (χ3v) is 6.89. The van der Waals surface area contributed by atoms with E-state index in [2.05, 4.69) is 0 Å². The number of thioether (sulfide) groups is 1. The summed E-state index contributed by atoms with van der Waals surface area (Å²) >= 11 is 1.60. The summed E-state index contributed by atoms with van der Waals surface area (Å²) in [5.74, 6) is -1.35. The number of benzene rings is 1. The van der Waals surface area contributed by atoms with E-state index in [0.29, 0.717) is 24.9 Å².